The number of carboxylic acids is 1. The second-order valence-electron chi connectivity index (χ2n) is 5.49. The fourth-order valence-electron chi connectivity index (χ4n) is 1.43. The van der Waals surface area contributed by atoms with Gasteiger partial charge in [0.05, 0.1) is 0 Å². The Kier molecular flexibility index (Phi) is 6.24. The predicted molar refractivity (Wildman–Crippen MR) is 71.5 cm³/mol. The topological polar surface area (TPSA) is 86.7 Å². The molecule has 2 amide bonds. The maximum Gasteiger partial charge on any atom is 0.331 e. The van der Waals surface area contributed by atoms with Crippen molar-refractivity contribution in [2.45, 2.75) is 33.7 Å². The van der Waals surface area contributed by atoms with Crippen LogP contribution in [0.4, 0.5) is 0 Å². The number of carboxylic acid groups (broad SMARTS) is 1. The zero-order valence-electron chi connectivity index (χ0n) is 12.1. The van der Waals surface area contributed by atoms with Gasteiger partial charge in [0.15, 0.2) is 0 Å². The summed E-state index contributed by atoms with van der Waals surface area (Å²) in [5, 5.41) is 11.2. The zero-order valence-corrected chi connectivity index (χ0v) is 12.1. The van der Waals surface area contributed by atoms with Gasteiger partial charge in [-0.25, -0.2) is 4.79 Å². The smallest absolute Gasteiger partial charge is 0.331 e. The van der Waals surface area contributed by atoms with E-state index < -0.39 is 17.4 Å². The van der Waals surface area contributed by atoms with Crippen LogP contribution in [0, 0.1) is 5.41 Å². The van der Waals surface area contributed by atoms with Crippen molar-refractivity contribution in [3.8, 4) is 0 Å². The Labute approximate surface area is 113 Å². The monoisotopic (exact) mass is 270 g/mol. The lowest BCUT2D eigenvalue weighted by molar-refractivity contribution is -0.136. The summed E-state index contributed by atoms with van der Waals surface area (Å²) in [6, 6.07) is -0.645. The maximum absolute atomic E-state index is 12.2. The van der Waals surface area contributed by atoms with Crippen molar-refractivity contribution >= 4 is 18.3 Å². The number of likely N-dealkylation sites (N-methyl/N-ethyl adjacent to an activating group) is 1. The second kappa shape index (κ2) is 6.92. The third kappa shape index (κ3) is 5.54. The van der Waals surface area contributed by atoms with Gasteiger partial charge >= 0.3 is 5.97 Å². The normalized spacial score (nSPS) is 13.6. The van der Waals surface area contributed by atoms with E-state index >= 15 is 0 Å². The summed E-state index contributed by atoms with van der Waals surface area (Å²) >= 11 is 0. The van der Waals surface area contributed by atoms with Gasteiger partial charge in [0, 0.05) is 19.2 Å². The van der Waals surface area contributed by atoms with Gasteiger partial charge in [-0.15, -0.1) is 0 Å². The summed E-state index contributed by atoms with van der Waals surface area (Å²) in [6.45, 7) is 7.18. The molecule has 19 heavy (non-hydrogen) atoms. The number of hydrogen-bond donors (Lipinski definition) is 2. The molecular weight excluding hydrogens is 248 g/mol. The van der Waals surface area contributed by atoms with Gasteiger partial charge in [0.2, 0.25) is 12.3 Å². The largest absolute Gasteiger partial charge is 0.478 e. The van der Waals surface area contributed by atoms with Crippen LogP contribution in [0.2, 0.25) is 0 Å². The molecule has 6 heteroatoms. The van der Waals surface area contributed by atoms with E-state index in [4.69, 9.17) is 5.11 Å². The molecule has 0 aliphatic rings. The van der Waals surface area contributed by atoms with Crippen LogP contribution >= 0.6 is 0 Å². The molecule has 0 rings (SSSR count). The maximum atomic E-state index is 12.2. The van der Waals surface area contributed by atoms with Crippen molar-refractivity contribution in [1.29, 1.82) is 0 Å². The highest BCUT2D eigenvalue weighted by atomic mass is 16.4. The molecular formula is C13H22N2O4. The standard InChI is InChI=1S/C13H22N2O4/c1-9(12(18)19)6-7-15(5)11(17)10(14-8-16)13(2,3)4/h6,8,10H,7H2,1-5H3,(H,14,16)(H,18,19)/b9-6+. The van der Waals surface area contributed by atoms with Crippen LogP contribution in [-0.2, 0) is 14.4 Å². The van der Waals surface area contributed by atoms with Crippen LogP contribution < -0.4 is 5.32 Å². The quantitative estimate of drug-likeness (QED) is 0.547. The van der Waals surface area contributed by atoms with Gasteiger partial charge in [0.25, 0.3) is 0 Å². The van der Waals surface area contributed by atoms with Gasteiger partial charge in [-0.05, 0) is 12.3 Å². The molecule has 0 aliphatic carbocycles. The number of carbonyl (C=O) groups is 3. The van der Waals surface area contributed by atoms with E-state index in [2.05, 4.69) is 5.32 Å². The lowest BCUT2D eigenvalue weighted by atomic mass is 9.86. The molecule has 0 bridgehead atoms. The van der Waals surface area contributed by atoms with Crippen molar-refractivity contribution in [1.82, 2.24) is 10.2 Å². The van der Waals surface area contributed by atoms with Crippen LogP contribution in [0.5, 0.6) is 0 Å². The Balaban J connectivity index is 4.83. The number of hydrogen-bond acceptors (Lipinski definition) is 3. The molecule has 1 atom stereocenters. The number of rotatable bonds is 6. The fraction of sp³-hybridized carbons (Fsp3) is 0.615. The molecule has 0 saturated carbocycles. The van der Waals surface area contributed by atoms with Gasteiger partial charge < -0.3 is 15.3 Å². The van der Waals surface area contributed by atoms with Crippen LogP contribution in [0.25, 0.3) is 0 Å². The first-order valence-electron chi connectivity index (χ1n) is 5.96. The van der Waals surface area contributed by atoms with E-state index in [1.54, 1.807) is 7.05 Å². The Morgan fingerprint density at radius 3 is 2.26 bits per heavy atom. The van der Waals surface area contributed by atoms with E-state index in [1.165, 1.54) is 17.9 Å². The molecule has 108 valence electrons. The van der Waals surface area contributed by atoms with Crippen LogP contribution in [0.3, 0.4) is 0 Å². The molecule has 0 aliphatic heterocycles. The lowest BCUT2D eigenvalue weighted by Crippen LogP contribution is -2.51. The summed E-state index contributed by atoms with van der Waals surface area (Å²) in [7, 11) is 1.57. The highest BCUT2D eigenvalue weighted by molar-refractivity contribution is 5.86. The Morgan fingerprint density at radius 2 is 1.89 bits per heavy atom. The highest BCUT2D eigenvalue weighted by Crippen LogP contribution is 2.20. The third-order valence-electron chi connectivity index (χ3n) is 2.73. The minimum Gasteiger partial charge on any atom is -0.478 e. The minimum atomic E-state index is -1.01. The van der Waals surface area contributed by atoms with Crippen molar-refractivity contribution < 1.29 is 19.5 Å². The number of amides is 2. The molecule has 0 aromatic carbocycles. The lowest BCUT2D eigenvalue weighted by Gasteiger charge is -2.32. The summed E-state index contributed by atoms with van der Waals surface area (Å²) in [4.78, 5) is 34.8. The van der Waals surface area contributed by atoms with E-state index in [-0.39, 0.29) is 18.0 Å². The first kappa shape index (κ1) is 17.2. The van der Waals surface area contributed by atoms with Crippen molar-refractivity contribution in [3.63, 3.8) is 0 Å². The first-order valence-corrected chi connectivity index (χ1v) is 5.96. The molecule has 0 heterocycles. The Hall–Kier alpha value is -1.85. The molecule has 0 saturated heterocycles. The van der Waals surface area contributed by atoms with Gasteiger partial charge in [-0.2, -0.15) is 0 Å². The van der Waals surface area contributed by atoms with E-state index in [0.717, 1.165) is 0 Å². The molecule has 0 radical (unpaired) electrons. The molecule has 0 aromatic heterocycles. The summed E-state index contributed by atoms with van der Waals surface area (Å²) in [6.07, 6.45) is 1.96. The average molecular weight is 270 g/mol. The molecule has 2 N–H and O–H groups in total. The second-order valence-corrected chi connectivity index (χ2v) is 5.49. The first-order chi connectivity index (χ1) is 8.61. The van der Waals surface area contributed by atoms with Crippen molar-refractivity contribution in [2.75, 3.05) is 13.6 Å². The van der Waals surface area contributed by atoms with Crippen molar-refractivity contribution in [3.05, 3.63) is 11.6 Å². The van der Waals surface area contributed by atoms with Crippen LogP contribution in [0.1, 0.15) is 27.7 Å². The number of nitrogens with zero attached hydrogens (tertiary/aromatic N) is 1. The Bertz CT molecular complexity index is 383. The molecule has 0 spiro atoms. The molecule has 0 aromatic rings. The molecule has 0 fully saturated rings. The molecule has 1 unspecified atom stereocenters. The van der Waals surface area contributed by atoms with E-state index in [1.807, 2.05) is 20.8 Å². The summed E-state index contributed by atoms with van der Waals surface area (Å²) < 4.78 is 0. The fourth-order valence-corrected chi connectivity index (χ4v) is 1.43. The highest BCUT2D eigenvalue weighted by Gasteiger charge is 2.32. The Morgan fingerprint density at radius 1 is 1.37 bits per heavy atom. The summed E-state index contributed by atoms with van der Waals surface area (Å²) in [5.41, 5.74) is -0.243. The van der Waals surface area contributed by atoms with Gasteiger partial charge in [0.1, 0.15) is 6.04 Å². The number of carbonyl (C=O) groups excluding carboxylic acids is 2. The average Bonchev–Trinajstić information content (AvgIpc) is 2.29. The van der Waals surface area contributed by atoms with Gasteiger partial charge in [-0.1, -0.05) is 26.8 Å². The predicted octanol–water partition coefficient (Wildman–Crippen LogP) is 0.636. The van der Waals surface area contributed by atoms with E-state index in [9.17, 15) is 14.4 Å². The molecule has 6 nitrogen and oxygen atoms in total. The van der Waals surface area contributed by atoms with Gasteiger partial charge in [-0.3, -0.25) is 9.59 Å². The van der Waals surface area contributed by atoms with Crippen molar-refractivity contribution in [2.24, 2.45) is 5.41 Å². The van der Waals surface area contributed by atoms with Crippen LogP contribution in [0.15, 0.2) is 11.6 Å². The van der Waals surface area contributed by atoms with Crippen LogP contribution in [-0.4, -0.2) is 47.9 Å². The minimum absolute atomic E-state index is 0.176. The third-order valence-corrected chi connectivity index (χ3v) is 2.73. The SMILES string of the molecule is C/C(=C\CN(C)C(=O)C(NC=O)C(C)(C)C)C(=O)O. The summed E-state index contributed by atoms with van der Waals surface area (Å²) in [5.74, 6) is -1.27. The zero-order chi connectivity index (χ0) is 15.2. The number of aliphatic carboxylic acids is 1. The number of nitrogens with one attached hydrogen (secondary N) is 1. The van der Waals surface area contributed by atoms with E-state index in [0.29, 0.717) is 6.41 Å².